The van der Waals surface area contributed by atoms with Crippen LogP contribution in [0.15, 0.2) is 36.4 Å². The minimum absolute atomic E-state index is 0.0583. The number of anilines is 2. The van der Waals surface area contributed by atoms with Crippen molar-refractivity contribution in [2.24, 2.45) is 0 Å². The molecule has 0 radical (unpaired) electrons. The highest BCUT2D eigenvalue weighted by molar-refractivity contribution is 5.67. The number of nitrogens with zero attached hydrogens (tertiary/aromatic N) is 1. The van der Waals surface area contributed by atoms with Gasteiger partial charge in [-0.1, -0.05) is 12.1 Å². The van der Waals surface area contributed by atoms with E-state index in [4.69, 9.17) is 5.26 Å². The van der Waals surface area contributed by atoms with Crippen LogP contribution in [0, 0.1) is 17.1 Å². The van der Waals surface area contributed by atoms with Crippen LogP contribution in [-0.4, -0.2) is 0 Å². The zero-order chi connectivity index (χ0) is 13.2. The zero-order valence-electron chi connectivity index (χ0n) is 10.4. The molecular formula is C16H13FN2. The van der Waals surface area contributed by atoms with Gasteiger partial charge in [-0.2, -0.15) is 5.26 Å². The smallest absolute Gasteiger partial charge is 0.143 e. The van der Waals surface area contributed by atoms with Gasteiger partial charge in [-0.25, -0.2) is 4.39 Å². The number of rotatable bonds is 2. The first-order valence-electron chi connectivity index (χ1n) is 6.35. The molecule has 0 fully saturated rings. The Bertz CT molecular complexity index is 671. The molecule has 19 heavy (non-hydrogen) atoms. The van der Waals surface area contributed by atoms with Gasteiger partial charge >= 0.3 is 0 Å². The number of nitriles is 1. The molecule has 0 bridgehead atoms. The molecule has 0 saturated heterocycles. The summed E-state index contributed by atoms with van der Waals surface area (Å²) in [6.07, 6.45) is 3.43. The lowest BCUT2D eigenvalue weighted by Crippen LogP contribution is -1.97. The van der Waals surface area contributed by atoms with E-state index in [2.05, 4.69) is 17.4 Å². The van der Waals surface area contributed by atoms with Gasteiger partial charge in [-0.3, -0.25) is 0 Å². The molecule has 3 heteroatoms. The van der Waals surface area contributed by atoms with Crippen LogP contribution >= 0.6 is 0 Å². The maximum atomic E-state index is 13.5. The van der Waals surface area contributed by atoms with Gasteiger partial charge < -0.3 is 5.32 Å². The van der Waals surface area contributed by atoms with Crippen LogP contribution in [0.5, 0.6) is 0 Å². The van der Waals surface area contributed by atoms with Gasteiger partial charge in [0.05, 0.1) is 5.69 Å². The van der Waals surface area contributed by atoms with Crippen LogP contribution in [0.25, 0.3) is 0 Å². The quantitative estimate of drug-likeness (QED) is 0.879. The molecule has 0 saturated carbocycles. The SMILES string of the molecule is N#Cc1c(F)cccc1Nc1ccc2c(c1)CCC2. The number of aryl methyl sites for hydroxylation is 2. The van der Waals surface area contributed by atoms with Crippen LogP contribution in [0.3, 0.4) is 0 Å². The van der Waals surface area contributed by atoms with Gasteiger partial charge in [-0.15, -0.1) is 0 Å². The average Bonchev–Trinajstić information content (AvgIpc) is 2.86. The molecule has 0 atom stereocenters. The summed E-state index contributed by atoms with van der Waals surface area (Å²) in [5, 5.41) is 12.1. The molecule has 2 aromatic rings. The van der Waals surface area contributed by atoms with Crippen LogP contribution < -0.4 is 5.32 Å². The molecule has 94 valence electrons. The summed E-state index contributed by atoms with van der Waals surface area (Å²) < 4.78 is 13.5. The third kappa shape index (κ3) is 2.17. The minimum atomic E-state index is -0.492. The highest BCUT2D eigenvalue weighted by atomic mass is 19.1. The lowest BCUT2D eigenvalue weighted by molar-refractivity contribution is 0.624. The molecule has 2 aromatic carbocycles. The van der Waals surface area contributed by atoms with Crippen molar-refractivity contribution in [3.63, 3.8) is 0 Å². The normalized spacial score (nSPS) is 12.8. The van der Waals surface area contributed by atoms with E-state index in [1.54, 1.807) is 12.1 Å². The predicted octanol–water partition coefficient (Wildman–Crippen LogP) is 3.93. The van der Waals surface area contributed by atoms with Crippen LogP contribution in [0.1, 0.15) is 23.1 Å². The van der Waals surface area contributed by atoms with Gasteiger partial charge in [-0.05, 0) is 54.7 Å². The predicted molar refractivity (Wildman–Crippen MR) is 72.9 cm³/mol. The van der Waals surface area contributed by atoms with Crippen molar-refractivity contribution in [2.45, 2.75) is 19.3 Å². The Hall–Kier alpha value is -2.34. The van der Waals surface area contributed by atoms with Crippen molar-refractivity contribution in [3.05, 3.63) is 58.9 Å². The van der Waals surface area contributed by atoms with Crippen LogP contribution in [-0.2, 0) is 12.8 Å². The van der Waals surface area contributed by atoms with E-state index < -0.39 is 5.82 Å². The van der Waals surface area contributed by atoms with E-state index in [1.165, 1.54) is 23.6 Å². The average molecular weight is 252 g/mol. The van der Waals surface area contributed by atoms with Crippen molar-refractivity contribution in [3.8, 4) is 6.07 Å². The van der Waals surface area contributed by atoms with Crippen LogP contribution in [0.2, 0.25) is 0 Å². The van der Waals surface area contributed by atoms with Crippen molar-refractivity contribution < 1.29 is 4.39 Å². The molecule has 1 aliphatic rings. The van der Waals surface area contributed by atoms with E-state index in [-0.39, 0.29) is 5.56 Å². The highest BCUT2D eigenvalue weighted by Crippen LogP contribution is 2.28. The van der Waals surface area contributed by atoms with E-state index in [1.807, 2.05) is 12.1 Å². The van der Waals surface area contributed by atoms with Crippen LogP contribution in [0.4, 0.5) is 15.8 Å². The third-order valence-corrected chi connectivity index (χ3v) is 3.50. The largest absolute Gasteiger partial charge is 0.354 e. The van der Waals surface area contributed by atoms with E-state index in [0.29, 0.717) is 5.69 Å². The Labute approximate surface area is 111 Å². The van der Waals surface area contributed by atoms with Gasteiger partial charge in [0.2, 0.25) is 0 Å². The van der Waals surface area contributed by atoms with Crippen molar-refractivity contribution >= 4 is 11.4 Å². The Morgan fingerprint density at radius 2 is 1.95 bits per heavy atom. The summed E-state index contributed by atoms with van der Waals surface area (Å²) in [5.74, 6) is -0.492. The fourth-order valence-electron chi connectivity index (χ4n) is 2.55. The summed E-state index contributed by atoms with van der Waals surface area (Å²) in [5.41, 5.74) is 4.22. The number of halogens is 1. The van der Waals surface area contributed by atoms with Gasteiger partial charge in [0.15, 0.2) is 0 Å². The van der Waals surface area contributed by atoms with Gasteiger partial charge in [0, 0.05) is 5.69 Å². The highest BCUT2D eigenvalue weighted by Gasteiger charge is 2.12. The molecule has 1 N–H and O–H groups in total. The minimum Gasteiger partial charge on any atom is -0.354 e. The summed E-state index contributed by atoms with van der Waals surface area (Å²) in [7, 11) is 0. The summed E-state index contributed by atoms with van der Waals surface area (Å²) >= 11 is 0. The lowest BCUT2D eigenvalue weighted by Gasteiger charge is -2.10. The van der Waals surface area contributed by atoms with Gasteiger partial charge in [0.25, 0.3) is 0 Å². The molecule has 1 aliphatic carbocycles. The second-order valence-electron chi connectivity index (χ2n) is 4.74. The number of hydrogen-bond donors (Lipinski definition) is 1. The Morgan fingerprint density at radius 3 is 2.79 bits per heavy atom. The fourth-order valence-corrected chi connectivity index (χ4v) is 2.55. The van der Waals surface area contributed by atoms with Gasteiger partial charge in [0.1, 0.15) is 17.4 Å². The summed E-state index contributed by atoms with van der Waals surface area (Å²) in [6.45, 7) is 0. The number of fused-ring (bicyclic) bond motifs is 1. The first-order chi connectivity index (χ1) is 9.28. The number of benzene rings is 2. The lowest BCUT2D eigenvalue weighted by atomic mass is 10.1. The fraction of sp³-hybridized carbons (Fsp3) is 0.188. The maximum absolute atomic E-state index is 13.5. The molecule has 0 aliphatic heterocycles. The summed E-state index contributed by atoms with van der Waals surface area (Å²) in [4.78, 5) is 0. The van der Waals surface area contributed by atoms with Crippen molar-refractivity contribution in [1.29, 1.82) is 5.26 Å². The van der Waals surface area contributed by atoms with Crippen molar-refractivity contribution in [2.75, 3.05) is 5.32 Å². The molecule has 0 aromatic heterocycles. The number of hydrogen-bond acceptors (Lipinski definition) is 2. The second kappa shape index (κ2) is 4.74. The molecule has 0 unspecified atom stereocenters. The monoisotopic (exact) mass is 252 g/mol. The maximum Gasteiger partial charge on any atom is 0.143 e. The Morgan fingerprint density at radius 1 is 1.11 bits per heavy atom. The zero-order valence-corrected chi connectivity index (χ0v) is 10.4. The van der Waals surface area contributed by atoms with E-state index >= 15 is 0 Å². The first-order valence-corrected chi connectivity index (χ1v) is 6.35. The molecule has 0 spiro atoms. The molecule has 0 heterocycles. The van der Waals surface area contributed by atoms with E-state index in [0.717, 1.165) is 18.5 Å². The Kier molecular flexibility index (Phi) is 2.92. The first kappa shape index (κ1) is 11.7. The third-order valence-electron chi connectivity index (χ3n) is 3.50. The molecular weight excluding hydrogens is 239 g/mol. The molecule has 2 nitrogen and oxygen atoms in total. The standard InChI is InChI=1S/C16H13FN2/c17-15-5-2-6-16(14(15)10-18)19-13-8-7-11-3-1-4-12(11)9-13/h2,5-9,19H,1,3-4H2. The van der Waals surface area contributed by atoms with Crippen molar-refractivity contribution in [1.82, 2.24) is 0 Å². The molecule has 0 amide bonds. The Balaban J connectivity index is 1.94. The number of nitrogens with one attached hydrogen (secondary N) is 1. The summed E-state index contributed by atoms with van der Waals surface area (Å²) in [6, 6.07) is 12.7. The second-order valence-corrected chi connectivity index (χ2v) is 4.74. The topological polar surface area (TPSA) is 35.8 Å². The molecule has 3 rings (SSSR count). The van der Waals surface area contributed by atoms with E-state index in [9.17, 15) is 4.39 Å².